The molecule has 17 heavy (non-hydrogen) atoms. The van der Waals surface area contributed by atoms with Gasteiger partial charge in [0, 0.05) is 5.69 Å². The summed E-state index contributed by atoms with van der Waals surface area (Å²) in [5, 5.41) is 4.77. The minimum Gasteiger partial charge on any atom is -0.392 e. The number of aryl methyl sites for hydroxylation is 1. The first-order chi connectivity index (χ1) is 7.99. The summed E-state index contributed by atoms with van der Waals surface area (Å²) in [6.45, 7) is 1.90. The van der Waals surface area contributed by atoms with Crippen LogP contribution in [0.25, 0.3) is 0 Å². The number of hydrogen-bond donors (Lipinski definition) is 3. The van der Waals surface area contributed by atoms with Crippen molar-refractivity contribution >= 4 is 34.7 Å². The second-order valence-corrected chi connectivity index (χ2v) is 4.00. The van der Waals surface area contributed by atoms with Crippen LogP contribution in [0.1, 0.15) is 5.56 Å². The number of nitrogens with two attached hydrogens (primary N) is 1. The lowest BCUT2D eigenvalue weighted by Crippen LogP contribution is -2.39. The van der Waals surface area contributed by atoms with Gasteiger partial charge in [-0.05, 0) is 24.6 Å². The lowest BCUT2D eigenvalue weighted by Gasteiger charge is -2.06. The molecular formula is C11H13N3O2S. The molecule has 6 heteroatoms. The SMILES string of the molecule is Cc1cccc(NC(=O)C(=O)NCC(N)=S)c1. The molecule has 0 atom stereocenters. The van der Waals surface area contributed by atoms with Gasteiger partial charge < -0.3 is 16.4 Å². The van der Waals surface area contributed by atoms with Crippen molar-refractivity contribution in [2.24, 2.45) is 5.73 Å². The van der Waals surface area contributed by atoms with Crippen LogP contribution < -0.4 is 16.4 Å². The zero-order chi connectivity index (χ0) is 12.8. The van der Waals surface area contributed by atoms with Crippen molar-refractivity contribution in [2.75, 3.05) is 11.9 Å². The Morgan fingerprint density at radius 1 is 1.35 bits per heavy atom. The average molecular weight is 251 g/mol. The molecular weight excluding hydrogens is 238 g/mol. The minimum atomic E-state index is -0.765. The number of anilines is 1. The molecule has 0 heterocycles. The Hall–Kier alpha value is -1.95. The van der Waals surface area contributed by atoms with Crippen LogP contribution in [-0.4, -0.2) is 23.3 Å². The van der Waals surface area contributed by atoms with Crippen LogP contribution >= 0.6 is 12.2 Å². The van der Waals surface area contributed by atoms with Crippen molar-refractivity contribution in [1.29, 1.82) is 0 Å². The minimum absolute atomic E-state index is 0.00933. The van der Waals surface area contributed by atoms with Gasteiger partial charge in [-0.25, -0.2) is 0 Å². The molecule has 0 bridgehead atoms. The first-order valence-electron chi connectivity index (χ1n) is 4.93. The van der Waals surface area contributed by atoms with Gasteiger partial charge in [0.2, 0.25) is 0 Å². The molecule has 1 aromatic rings. The van der Waals surface area contributed by atoms with Gasteiger partial charge in [0.1, 0.15) is 0 Å². The van der Waals surface area contributed by atoms with Crippen molar-refractivity contribution < 1.29 is 9.59 Å². The summed E-state index contributed by atoms with van der Waals surface area (Å²) in [6.07, 6.45) is 0. The number of rotatable bonds is 3. The highest BCUT2D eigenvalue weighted by Crippen LogP contribution is 2.08. The number of thiocarbonyl (C=S) groups is 1. The number of carbonyl (C=O) groups is 2. The summed E-state index contributed by atoms with van der Waals surface area (Å²) in [6, 6.07) is 7.14. The summed E-state index contributed by atoms with van der Waals surface area (Å²) >= 11 is 4.58. The Kier molecular flexibility index (Phi) is 4.59. The third-order valence-corrected chi connectivity index (χ3v) is 2.05. The highest BCUT2D eigenvalue weighted by atomic mass is 32.1. The smallest absolute Gasteiger partial charge is 0.313 e. The molecule has 0 aliphatic carbocycles. The zero-order valence-corrected chi connectivity index (χ0v) is 10.1. The third-order valence-electron chi connectivity index (χ3n) is 1.91. The molecule has 90 valence electrons. The molecule has 2 amide bonds. The highest BCUT2D eigenvalue weighted by Gasteiger charge is 2.13. The molecule has 0 saturated heterocycles. The molecule has 0 aliphatic heterocycles. The highest BCUT2D eigenvalue weighted by molar-refractivity contribution is 7.80. The van der Waals surface area contributed by atoms with Gasteiger partial charge in [-0.1, -0.05) is 24.4 Å². The lowest BCUT2D eigenvalue weighted by atomic mass is 10.2. The standard InChI is InChI=1S/C11H13N3O2S/c1-7-3-2-4-8(5-7)14-11(16)10(15)13-6-9(12)17/h2-5H,6H2,1H3,(H2,12,17)(H,13,15)(H,14,16). The van der Waals surface area contributed by atoms with E-state index in [-0.39, 0.29) is 11.5 Å². The van der Waals surface area contributed by atoms with Crippen LogP contribution in [0.3, 0.4) is 0 Å². The van der Waals surface area contributed by atoms with Gasteiger partial charge in [-0.15, -0.1) is 0 Å². The van der Waals surface area contributed by atoms with Crippen molar-refractivity contribution in [2.45, 2.75) is 6.92 Å². The second-order valence-electron chi connectivity index (χ2n) is 3.47. The van der Waals surface area contributed by atoms with E-state index in [4.69, 9.17) is 5.73 Å². The van der Waals surface area contributed by atoms with Crippen LogP contribution in [-0.2, 0) is 9.59 Å². The van der Waals surface area contributed by atoms with Crippen LogP contribution in [0.2, 0.25) is 0 Å². The molecule has 0 saturated carbocycles. The quantitative estimate of drug-likeness (QED) is 0.534. The summed E-state index contributed by atoms with van der Waals surface area (Å²) in [4.78, 5) is 22.9. The summed E-state index contributed by atoms with van der Waals surface area (Å²) in [7, 11) is 0. The predicted molar refractivity (Wildman–Crippen MR) is 69.6 cm³/mol. The van der Waals surface area contributed by atoms with Crippen LogP contribution in [0, 0.1) is 6.92 Å². The Bertz CT molecular complexity index is 460. The van der Waals surface area contributed by atoms with E-state index >= 15 is 0 Å². The van der Waals surface area contributed by atoms with Crippen molar-refractivity contribution in [3.05, 3.63) is 29.8 Å². The Morgan fingerprint density at radius 3 is 2.65 bits per heavy atom. The maximum absolute atomic E-state index is 11.4. The predicted octanol–water partition coefficient (Wildman–Crippen LogP) is 0.336. The van der Waals surface area contributed by atoms with E-state index in [1.165, 1.54) is 0 Å². The molecule has 0 spiro atoms. The number of hydrogen-bond acceptors (Lipinski definition) is 3. The Labute approximate surface area is 104 Å². The first kappa shape index (κ1) is 13.1. The van der Waals surface area contributed by atoms with E-state index < -0.39 is 11.8 Å². The fourth-order valence-electron chi connectivity index (χ4n) is 1.16. The van der Waals surface area contributed by atoms with E-state index in [0.29, 0.717) is 5.69 Å². The summed E-state index contributed by atoms with van der Waals surface area (Å²) in [5.41, 5.74) is 6.76. The van der Waals surface area contributed by atoms with Gasteiger partial charge in [-0.3, -0.25) is 9.59 Å². The van der Waals surface area contributed by atoms with E-state index in [1.807, 2.05) is 13.0 Å². The Morgan fingerprint density at radius 2 is 2.06 bits per heavy atom. The summed E-state index contributed by atoms with van der Waals surface area (Å²) in [5.74, 6) is -1.51. The van der Waals surface area contributed by atoms with E-state index in [9.17, 15) is 9.59 Å². The van der Waals surface area contributed by atoms with Crippen LogP contribution in [0.15, 0.2) is 24.3 Å². The molecule has 4 N–H and O–H groups in total. The van der Waals surface area contributed by atoms with E-state index in [0.717, 1.165) is 5.56 Å². The van der Waals surface area contributed by atoms with E-state index in [2.05, 4.69) is 22.9 Å². The van der Waals surface area contributed by atoms with Gasteiger partial charge in [0.15, 0.2) is 0 Å². The molecule has 0 unspecified atom stereocenters. The van der Waals surface area contributed by atoms with Crippen LogP contribution in [0.4, 0.5) is 5.69 Å². The largest absolute Gasteiger partial charge is 0.392 e. The Balaban J connectivity index is 2.54. The van der Waals surface area contributed by atoms with Gasteiger partial charge in [0.05, 0.1) is 11.5 Å². The topological polar surface area (TPSA) is 84.2 Å². The second kappa shape index (κ2) is 5.95. The van der Waals surface area contributed by atoms with Crippen molar-refractivity contribution in [1.82, 2.24) is 5.32 Å². The lowest BCUT2D eigenvalue weighted by molar-refractivity contribution is -0.135. The summed E-state index contributed by atoms with van der Waals surface area (Å²) < 4.78 is 0. The number of nitrogens with one attached hydrogen (secondary N) is 2. The van der Waals surface area contributed by atoms with Gasteiger partial charge in [-0.2, -0.15) is 0 Å². The number of benzene rings is 1. The van der Waals surface area contributed by atoms with Crippen molar-refractivity contribution in [3.63, 3.8) is 0 Å². The molecule has 0 aromatic heterocycles. The first-order valence-corrected chi connectivity index (χ1v) is 5.34. The average Bonchev–Trinajstić information content (AvgIpc) is 2.25. The molecule has 0 radical (unpaired) electrons. The fourth-order valence-corrected chi connectivity index (χ4v) is 1.23. The molecule has 0 fully saturated rings. The molecule has 5 nitrogen and oxygen atoms in total. The normalized spacial score (nSPS) is 9.47. The zero-order valence-electron chi connectivity index (χ0n) is 9.32. The van der Waals surface area contributed by atoms with Crippen LogP contribution in [0.5, 0.6) is 0 Å². The monoisotopic (exact) mass is 251 g/mol. The maximum atomic E-state index is 11.4. The maximum Gasteiger partial charge on any atom is 0.313 e. The van der Waals surface area contributed by atoms with Crippen molar-refractivity contribution in [3.8, 4) is 0 Å². The molecule has 1 aromatic carbocycles. The number of carbonyl (C=O) groups excluding carboxylic acids is 2. The molecule has 0 aliphatic rings. The number of amides is 2. The third kappa shape index (κ3) is 4.60. The molecule has 1 rings (SSSR count). The van der Waals surface area contributed by atoms with E-state index in [1.54, 1.807) is 18.2 Å². The van der Waals surface area contributed by atoms with Gasteiger partial charge in [0.25, 0.3) is 0 Å². The van der Waals surface area contributed by atoms with Gasteiger partial charge >= 0.3 is 11.8 Å². The fraction of sp³-hybridized carbons (Fsp3) is 0.182.